The van der Waals surface area contributed by atoms with E-state index in [4.69, 9.17) is 5.73 Å². The highest BCUT2D eigenvalue weighted by molar-refractivity contribution is 6.07. The van der Waals surface area contributed by atoms with Gasteiger partial charge in [0.05, 0.1) is 11.3 Å². The molecule has 0 atom stereocenters. The summed E-state index contributed by atoms with van der Waals surface area (Å²) in [7, 11) is 0. The highest BCUT2D eigenvalue weighted by Gasteiger charge is 2.16. The maximum atomic E-state index is 12.2. The molecular weight excluding hydrogens is 326 g/mol. The quantitative estimate of drug-likeness (QED) is 0.812. The number of nitrogens with one attached hydrogen (secondary N) is 1. The average molecular weight is 349 g/mol. The standard InChI is InChI=1S/C21H23N3O2/c22-21(26)18-15-17(24-13-5-2-6-14-24)10-11-19(18)23-20(25)12-9-16-7-3-1-4-8-16/h1,3-4,7-12,15H,2,5-6,13-14H2,(H2,22,26)(H,23,25). The molecule has 134 valence electrons. The van der Waals surface area contributed by atoms with Crippen LogP contribution in [0.4, 0.5) is 11.4 Å². The fraction of sp³-hybridized carbons (Fsp3) is 0.238. The Kier molecular flexibility index (Phi) is 5.69. The summed E-state index contributed by atoms with van der Waals surface area (Å²) in [5.74, 6) is -0.853. The van der Waals surface area contributed by atoms with E-state index in [2.05, 4.69) is 10.2 Å². The molecule has 0 bridgehead atoms. The molecule has 5 heteroatoms. The fourth-order valence-electron chi connectivity index (χ4n) is 3.10. The van der Waals surface area contributed by atoms with E-state index in [1.54, 1.807) is 18.2 Å². The van der Waals surface area contributed by atoms with Crippen molar-refractivity contribution in [2.75, 3.05) is 23.3 Å². The van der Waals surface area contributed by atoms with Crippen LogP contribution in [0.1, 0.15) is 35.2 Å². The molecular formula is C21H23N3O2. The van der Waals surface area contributed by atoms with Crippen molar-refractivity contribution in [3.8, 4) is 0 Å². The Bertz CT molecular complexity index is 809. The van der Waals surface area contributed by atoms with Crippen molar-refractivity contribution in [1.82, 2.24) is 0 Å². The second-order valence-electron chi connectivity index (χ2n) is 6.38. The number of rotatable bonds is 5. The fourth-order valence-corrected chi connectivity index (χ4v) is 3.10. The van der Waals surface area contributed by atoms with Crippen molar-refractivity contribution in [3.63, 3.8) is 0 Å². The number of hydrogen-bond donors (Lipinski definition) is 2. The second kappa shape index (κ2) is 8.34. The zero-order valence-corrected chi connectivity index (χ0v) is 14.7. The van der Waals surface area contributed by atoms with Crippen molar-refractivity contribution in [1.29, 1.82) is 0 Å². The molecule has 0 aliphatic carbocycles. The van der Waals surface area contributed by atoms with E-state index in [0.29, 0.717) is 11.3 Å². The number of piperidine rings is 1. The van der Waals surface area contributed by atoms with Crippen LogP contribution in [0, 0.1) is 0 Å². The van der Waals surface area contributed by atoms with Crippen molar-refractivity contribution in [3.05, 3.63) is 65.7 Å². The van der Waals surface area contributed by atoms with Gasteiger partial charge < -0.3 is 16.0 Å². The molecule has 0 aromatic heterocycles. The average Bonchev–Trinajstić information content (AvgIpc) is 2.68. The summed E-state index contributed by atoms with van der Waals surface area (Å²) in [5.41, 5.74) is 8.18. The second-order valence-corrected chi connectivity index (χ2v) is 6.38. The molecule has 0 unspecified atom stereocenters. The summed E-state index contributed by atoms with van der Waals surface area (Å²) >= 11 is 0. The molecule has 1 aliphatic rings. The predicted octanol–water partition coefficient (Wildman–Crippen LogP) is 3.43. The number of hydrogen-bond acceptors (Lipinski definition) is 3. The van der Waals surface area contributed by atoms with Gasteiger partial charge >= 0.3 is 0 Å². The first-order chi connectivity index (χ1) is 12.6. The number of benzene rings is 2. The lowest BCUT2D eigenvalue weighted by molar-refractivity contribution is -0.111. The van der Waals surface area contributed by atoms with Crippen LogP contribution in [-0.2, 0) is 4.79 Å². The first-order valence-corrected chi connectivity index (χ1v) is 8.86. The summed E-state index contributed by atoms with van der Waals surface area (Å²) in [6, 6.07) is 15.0. The van der Waals surface area contributed by atoms with Crippen molar-refractivity contribution in [2.45, 2.75) is 19.3 Å². The summed E-state index contributed by atoms with van der Waals surface area (Å²) in [6.45, 7) is 1.95. The van der Waals surface area contributed by atoms with Gasteiger partial charge in [-0.15, -0.1) is 0 Å². The number of carbonyl (C=O) groups excluding carboxylic acids is 2. The highest BCUT2D eigenvalue weighted by Crippen LogP contribution is 2.25. The summed E-state index contributed by atoms with van der Waals surface area (Å²) in [6.07, 6.45) is 6.70. The van der Waals surface area contributed by atoms with Gasteiger partial charge in [-0.25, -0.2) is 0 Å². The minimum Gasteiger partial charge on any atom is -0.372 e. The molecule has 2 amide bonds. The predicted molar refractivity (Wildman–Crippen MR) is 105 cm³/mol. The summed E-state index contributed by atoms with van der Waals surface area (Å²) in [5, 5.41) is 2.75. The molecule has 26 heavy (non-hydrogen) atoms. The SMILES string of the molecule is NC(=O)c1cc(N2CCCCC2)ccc1NC(=O)C=Cc1ccccc1. The Hall–Kier alpha value is -3.08. The van der Waals surface area contributed by atoms with Crippen molar-refractivity contribution < 1.29 is 9.59 Å². The molecule has 0 radical (unpaired) electrons. The Labute approximate surface area is 153 Å². The Morgan fingerprint density at radius 2 is 1.73 bits per heavy atom. The minimum atomic E-state index is -0.550. The normalized spacial score (nSPS) is 14.4. The Morgan fingerprint density at radius 1 is 1.00 bits per heavy atom. The first kappa shape index (κ1) is 17.7. The van der Waals surface area contributed by atoms with E-state index in [9.17, 15) is 9.59 Å². The van der Waals surface area contributed by atoms with Gasteiger partial charge in [0.25, 0.3) is 5.91 Å². The van der Waals surface area contributed by atoms with Crippen LogP contribution in [0.3, 0.4) is 0 Å². The van der Waals surface area contributed by atoms with Crippen LogP contribution in [0.15, 0.2) is 54.6 Å². The number of nitrogens with zero attached hydrogens (tertiary/aromatic N) is 1. The van der Waals surface area contributed by atoms with E-state index in [-0.39, 0.29) is 5.91 Å². The molecule has 0 spiro atoms. The van der Waals surface area contributed by atoms with E-state index in [0.717, 1.165) is 37.2 Å². The van der Waals surface area contributed by atoms with Gasteiger partial charge in [0.15, 0.2) is 0 Å². The van der Waals surface area contributed by atoms with Crippen LogP contribution in [0.25, 0.3) is 6.08 Å². The molecule has 3 N–H and O–H groups in total. The van der Waals surface area contributed by atoms with Crippen LogP contribution < -0.4 is 16.0 Å². The molecule has 2 aromatic carbocycles. The van der Waals surface area contributed by atoms with Gasteiger partial charge in [0.2, 0.25) is 5.91 Å². The summed E-state index contributed by atoms with van der Waals surface area (Å²) in [4.78, 5) is 26.3. The van der Waals surface area contributed by atoms with Gasteiger partial charge in [-0.3, -0.25) is 9.59 Å². The maximum absolute atomic E-state index is 12.2. The Morgan fingerprint density at radius 3 is 2.42 bits per heavy atom. The Balaban J connectivity index is 1.75. The van der Waals surface area contributed by atoms with Gasteiger partial charge in [-0.1, -0.05) is 30.3 Å². The topological polar surface area (TPSA) is 75.4 Å². The monoisotopic (exact) mass is 349 g/mol. The highest BCUT2D eigenvalue weighted by atomic mass is 16.2. The first-order valence-electron chi connectivity index (χ1n) is 8.86. The van der Waals surface area contributed by atoms with Crippen LogP contribution in [0.2, 0.25) is 0 Å². The third kappa shape index (κ3) is 4.51. The van der Waals surface area contributed by atoms with E-state index >= 15 is 0 Å². The maximum Gasteiger partial charge on any atom is 0.250 e. The summed E-state index contributed by atoms with van der Waals surface area (Å²) < 4.78 is 0. The molecule has 5 nitrogen and oxygen atoms in total. The van der Waals surface area contributed by atoms with Gasteiger partial charge in [0, 0.05) is 24.9 Å². The van der Waals surface area contributed by atoms with E-state index < -0.39 is 5.91 Å². The van der Waals surface area contributed by atoms with E-state index in [1.165, 1.54) is 12.5 Å². The van der Waals surface area contributed by atoms with Gasteiger partial charge in [-0.2, -0.15) is 0 Å². The number of amides is 2. The van der Waals surface area contributed by atoms with Crippen LogP contribution in [-0.4, -0.2) is 24.9 Å². The minimum absolute atomic E-state index is 0.304. The number of nitrogens with two attached hydrogens (primary N) is 1. The smallest absolute Gasteiger partial charge is 0.250 e. The van der Waals surface area contributed by atoms with Gasteiger partial charge in [0.1, 0.15) is 0 Å². The molecule has 3 rings (SSSR count). The van der Waals surface area contributed by atoms with Crippen molar-refractivity contribution in [2.24, 2.45) is 5.73 Å². The lowest BCUT2D eigenvalue weighted by atomic mass is 10.1. The zero-order valence-electron chi connectivity index (χ0n) is 14.7. The van der Waals surface area contributed by atoms with Gasteiger partial charge in [-0.05, 0) is 49.1 Å². The van der Waals surface area contributed by atoms with E-state index in [1.807, 2.05) is 36.4 Å². The zero-order chi connectivity index (χ0) is 18.4. The molecule has 1 fully saturated rings. The number of primary amides is 1. The molecule has 1 saturated heterocycles. The lowest BCUT2D eigenvalue weighted by Crippen LogP contribution is -2.29. The molecule has 1 heterocycles. The van der Waals surface area contributed by atoms with Crippen molar-refractivity contribution >= 4 is 29.3 Å². The lowest BCUT2D eigenvalue weighted by Gasteiger charge is -2.29. The van der Waals surface area contributed by atoms with Crippen LogP contribution >= 0.6 is 0 Å². The van der Waals surface area contributed by atoms with Crippen LogP contribution in [0.5, 0.6) is 0 Å². The molecule has 1 aliphatic heterocycles. The molecule has 0 saturated carbocycles. The number of carbonyl (C=O) groups is 2. The third-order valence-electron chi connectivity index (χ3n) is 4.47. The number of anilines is 2. The third-order valence-corrected chi connectivity index (χ3v) is 4.47. The molecule has 2 aromatic rings. The largest absolute Gasteiger partial charge is 0.372 e.